The average Bonchev–Trinajstić information content (AvgIpc) is 2.93. The van der Waals surface area contributed by atoms with Crippen molar-refractivity contribution in [1.82, 2.24) is 9.80 Å². The normalized spacial score (nSPS) is 16.3. The largest absolute Gasteiger partial charge is 0.493 e. The molecule has 0 bridgehead atoms. The van der Waals surface area contributed by atoms with Gasteiger partial charge in [0, 0.05) is 44.2 Å². The molecule has 0 aromatic heterocycles. The standard InChI is InChI=1S/C25H32FN3O3.C2H2O4/c1-31-23-9-5-6-20(24(23)32-2)18-27-12-10-19(11-13-27)25(30)29-16-14-28(15-17-29)22-8-4-3-7-21(22)26;3-1(4)2(5)6/h3-9,19H,10-18H2,1-2H3;(H,3,4)(H,5,6). The van der Waals surface area contributed by atoms with Crippen molar-refractivity contribution in [2.75, 3.05) is 58.4 Å². The molecule has 2 fully saturated rings. The van der Waals surface area contributed by atoms with Crippen LogP contribution in [0.5, 0.6) is 11.5 Å². The van der Waals surface area contributed by atoms with Crippen LogP contribution in [0, 0.1) is 11.7 Å². The number of anilines is 1. The lowest BCUT2D eigenvalue weighted by atomic mass is 9.94. The summed E-state index contributed by atoms with van der Waals surface area (Å²) in [5.41, 5.74) is 1.72. The summed E-state index contributed by atoms with van der Waals surface area (Å²) in [6.45, 7) is 5.17. The van der Waals surface area contributed by atoms with E-state index in [1.165, 1.54) is 6.07 Å². The SMILES string of the molecule is COc1cccc(CN2CCC(C(=O)N3CCN(c4ccccc4F)CC3)CC2)c1OC.O=C(O)C(=O)O. The molecule has 0 aliphatic carbocycles. The number of nitrogens with zero attached hydrogens (tertiary/aromatic N) is 3. The van der Waals surface area contributed by atoms with Crippen LogP contribution in [-0.2, 0) is 20.9 Å². The number of carbonyl (C=O) groups is 3. The molecule has 2 aromatic rings. The topological polar surface area (TPSA) is 120 Å². The van der Waals surface area contributed by atoms with Crippen LogP contribution in [0.25, 0.3) is 0 Å². The van der Waals surface area contributed by atoms with Crippen LogP contribution in [0.1, 0.15) is 18.4 Å². The molecule has 206 valence electrons. The third kappa shape index (κ3) is 7.34. The van der Waals surface area contributed by atoms with Crippen molar-refractivity contribution in [1.29, 1.82) is 0 Å². The molecule has 2 saturated heterocycles. The molecule has 2 aliphatic heterocycles. The van der Waals surface area contributed by atoms with E-state index >= 15 is 0 Å². The third-order valence-electron chi connectivity index (χ3n) is 6.78. The van der Waals surface area contributed by atoms with Crippen molar-refractivity contribution in [3.05, 3.63) is 53.8 Å². The lowest BCUT2D eigenvalue weighted by Crippen LogP contribution is -2.51. The number of ether oxygens (including phenoxy) is 2. The number of piperidine rings is 1. The van der Waals surface area contributed by atoms with Crippen molar-refractivity contribution in [2.24, 2.45) is 5.92 Å². The number of hydrogen-bond acceptors (Lipinski definition) is 7. The van der Waals surface area contributed by atoms with Gasteiger partial charge >= 0.3 is 11.9 Å². The summed E-state index contributed by atoms with van der Waals surface area (Å²) in [6.07, 6.45) is 1.72. The second-order valence-electron chi connectivity index (χ2n) is 9.08. The zero-order valence-corrected chi connectivity index (χ0v) is 21.6. The van der Waals surface area contributed by atoms with E-state index in [1.807, 2.05) is 28.0 Å². The Balaban J connectivity index is 0.000000599. The smallest absolute Gasteiger partial charge is 0.414 e. The number of rotatable bonds is 6. The first-order valence-electron chi connectivity index (χ1n) is 12.4. The van der Waals surface area contributed by atoms with Crippen LogP contribution < -0.4 is 14.4 Å². The molecule has 4 rings (SSSR count). The van der Waals surface area contributed by atoms with Gasteiger partial charge in [-0.25, -0.2) is 14.0 Å². The fourth-order valence-corrected chi connectivity index (χ4v) is 4.79. The summed E-state index contributed by atoms with van der Waals surface area (Å²) in [6, 6.07) is 12.8. The summed E-state index contributed by atoms with van der Waals surface area (Å²) in [7, 11) is 3.31. The minimum atomic E-state index is -1.82. The van der Waals surface area contributed by atoms with Gasteiger partial charge in [0.05, 0.1) is 19.9 Å². The minimum Gasteiger partial charge on any atom is -0.493 e. The number of benzene rings is 2. The van der Waals surface area contributed by atoms with E-state index in [9.17, 15) is 9.18 Å². The van der Waals surface area contributed by atoms with Crippen molar-refractivity contribution >= 4 is 23.5 Å². The number of carboxylic acids is 2. The molecule has 2 aliphatic rings. The summed E-state index contributed by atoms with van der Waals surface area (Å²) < 4.78 is 25.0. The minimum absolute atomic E-state index is 0.0680. The van der Waals surface area contributed by atoms with Crippen molar-refractivity contribution in [3.63, 3.8) is 0 Å². The van der Waals surface area contributed by atoms with Crippen LogP contribution >= 0.6 is 0 Å². The molecule has 2 heterocycles. The Labute approximate surface area is 221 Å². The Bertz CT molecular complexity index is 1100. The van der Waals surface area contributed by atoms with Crippen LogP contribution in [0.2, 0.25) is 0 Å². The molecular formula is C27H34FN3O7. The van der Waals surface area contributed by atoms with Gasteiger partial charge in [-0.1, -0.05) is 24.3 Å². The van der Waals surface area contributed by atoms with Gasteiger partial charge in [-0.05, 0) is 44.1 Å². The van der Waals surface area contributed by atoms with Gasteiger partial charge < -0.3 is 29.5 Å². The number of methoxy groups -OCH3 is 2. The zero-order valence-electron chi connectivity index (χ0n) is 21.6. The van der Waals surface area contributed by atoms with Gasteiger partial charge in [-0.2, -0.15) is 0 Å². The van der Waals surface area contributed by atoms with Crippen molar-refractivity contribution in [2.45, 2.75) is 19.4 Å². The van der Waals surface area contributed by atoms with E-state index < -0.39 is 11.9 Å². The van der Waals surface area contributed by atoms with Crippen molar-refractivity contribution in [3.8, 4) is 11.5 Å². The Morgan fingerprint density at radius 2 is 1.50 bits per heavy atom. The highest BCUT2D eigenvalue weighted by molar-refractivity contribution is 6.27. The predicted molar refractivity (Wildman–Crippen MR) is 138 cm³/mol. The lowest BCUT2D eigenvalue weighted by molar-refractivity contribution is -0.159. The molecule has 0 spiro atoms. The number of carbonyl (C=O) groups excluding carboxylic acids is 1. The average molecular weight is 532 g/mol. The molecule has 1 amide bonds. The van der Waals surface area contributed by atoms with E-state index in [-0.39, 0.29) is 17.6 Å². The quantitative estimate of drug-likeness (QED) is 0.542. The molecule has 10 nitrogen and oxygen atoms in total. The van der Waals surface area contributed by atoms with E-state index in [2.05, 4.69) is 11.0 Å². The molecule has 0 saturated carbocycles. The molecule has 11 heteroatoms. The van der Waals surface area contributed by atoms with Gasteiger partial charge in [0.25, 0.3) is 0 Å². The number of likely N-dealkylation sites (tertiary alicyclic amines) is 1. The number of halogens is 1. The second-order valence-corrected chi connectivity index (χ2v) is 9.08. The zero-order chi connectivity index (χ0) is 27.7. The number of hydrogen-bond donors (Lipinski definition) is 2. The highest BCUT2D eigenvalue weighted by Gasteiger charge is 2.31. The first kappa shape index (κ1) is 28.7. The predicted octanol–water partition coefficient (Wildman–Crippen LogP) is 2.56. The number of para-hydroxylation sites is 2. The fraction of sp³-hybridized carbons (Fsp3) is 0.444. The molecule has 2 N–H and O–H groups in total. The summed E-state index contributed by atoms with van der Waals surface area (Å²) in [5, 5.41) is 14.8. The Morgan fingerprint density at radius 3 is 2.05 bits per heavy atom. The number of carboxylic acid groups (broad SMARTS) is 2. The van der Waals surface area contributed by atoms with Crippen LogP contribution in [0.3, 0.4) is 0 Å². The second kappa shape index (κ2) is 13.6. The van der Waals surface area contributed by atoms with Crippen molar-refractivity contribution < 1.29 is 38.5 Å². The lowest BCUT2D eigenvalue weighted by Gasteiger charge is -2.39. The van der Waals surface area contributed by atoms with Gasteiger partial charge in [-0.15, -0.1) is 0 Å². The molecule has 0 radical (unpaired) electrons. The Kier molecular flexibility index (Phi) is 10.3. The number of aliphatic carboxylic acids is 2. The van der Waals surface area contributed by atoms with Crippen LogP contribution in [0.15, 0.2) is 42.5 Å². The summed E-state index contributed by atoms with van der Waals surface area (Å²) in [4.78, 5) is 37.7. The van der Waals surface area contributed by atoms with Gasteiger partial charge in [0.1, 0.15) is 5.82 Å². The summed E-state index contributed by atoms with van der Waals surface area (Å²) in [5.74, 6) is -2.02. The van der Waals surface area contributed by atoms with E-state index in [4.69, 9.17) is 29.3 Å². The van der Waals surface area contributed by atoms with Gasteiger partial charge in [0.15, 0.2) is 11.5 Å². The van der Waals surface area contributed by atoms with Crippen LogP contribution in [0.4, 0.5) is 10.1 Å². The maximum absolute atomic E-state index is 14.1. The number of amides is 1. The monoisotopic (exact) mass is 531 g/mol. The Morgan fingerprint density at radius 1 is 0.868 bits per heavy atom. The van der Waals surface area contributed by atoms with Gasteiger partial charge in [0.2, 0.25) is 5.91 Å². The molecule has 2 aromatic carbocycles. The first-order chi connectivity index (χ1) is 18.2. The summed E-state index contributed by atoms with van der Waals surface area (Å²) >= 11 is 0. The van der Waals surface area contributed by atoms with E-state index in [1.54, 1.807) is 26.4 Å². The Hall–Kier alpha value is -3.86. The molecular weight excluding hydrogens is 497 g/mol. The highest BCUT2D eigenvalue weighted by Crippen LogP contribution is 2.32. The van der Waals surface area contributed by atoms with E-state index in [0.717, 1.165) is 49.5 Å². The van der Waals surface area contributed by atoms with E-state index in [0.29, 0.717) is 31.9 Å². The molecule has 0 unspecified atom stereocenters. The maximum Gasteiger partial charge on any atom is 0.414 e. The van der Waals surface area contributed by atoms with Crippen LogP contribution in [-0.4, -0.2) is 91.3 Å². The maximum atomic E-state index is 14.1. The molecule has 38 heavy (non-hydrogen) atoms. The third-order valence-corrected chi connectivity index (χ3v) is 6.78. The van der Waals surface area contributed by atoms with Gasteiger partial charge in [-0.3, -0.25) is 9.69 Å². The first-order valence-corrected chi connectivity index (χ1v) is 12.4. The fourth-order valence-electron chi connectivity index (χ4n) is 4.79. The molecule has 0 atom stereocenters. The number of piperazine rings is 1. The highest BCUT2D eigenvalue weighted by atomic mass is 19.1.